The number of carbonyl (C=O) groups excluding carboxylic acids is 1. The van der Waals surface area contributed by atoms with Crippen LogP contribution >= 0.6 is 0 Å². The van der Waals surface area contributed by atoms with Gasteiger partial charge in [0.05, 0.1) is 6.54 Å². The van der Waals surface area contributed by atoms with Gasteiger partial charge in [-0.15, -0.1) is 0 Å². The van der Waals surface area contributed by atoms with Crippen molar-refractivity contribution in [2.75, 3.05) is 5.32 Å². The van der Waals surface area contributed by atoms with Gasteiger partial charge in [0.1, 0.15) is 5.82 Å². The summed E-state index contributed by atoms with van der Waals surface area (Å²) in [6, 6.07) is 8.44. The Labute approximate surface area is 116 Å². The largest absolute Gasteiger partial charge is 0.309 e. The van der Waals surface area contributed by atoms with Crippen molar-refractivity contribution in [3.8, 4) is 0 Å². The normalized spacial score (nSPS) is 14.3. The molecule has 0 bridgehead atoms. The highest BCUT2D eigenvalue weighted by molar-refractivity contribution is 5.93. The third-order valence-corrected chi connectivity index (χ3v) is 3.46. The van der Waals surface area contributed by atoms with Crippen LogP contribution in [0.1, 0.15) is 24.1 Å². The van der Waals surface area contributed by atoms with E-state index in [4.69, 9.17) is 0 Å². The van der Waals surface area contributed by atoms with Gasteiger partial charge in [0.15, 0.2) is 5.82 Å². The van der Waals surface area contributed by atoms with Crippen LogP contribution in [0.3, 0.4) is 0 Å². The van der Waals surface area contributed by atoms with Gasteiger partial charge in [-0.25, -0.2) is 4.39 Å². The molecule has 0 atom stereocenters. The molecule has 1 aliphatic rings. The smallest absolute Gasteiger partial charge is 0.228 e. The molecule has 1 saturated carbocycles. The Balaban J connectivity index is 1.75. The Bertz CT molecular complexity index is 646. The van der Waals surface area contributed by atoms with Crippen LogP contribution in [0.25, 0.3) is 0 Å². The summed E-state index contributed by atoms with van der Waals surface area (Å²) in [7, 11) is 0. The highest BCUT2D eigenvalue weighted by atomic mass is 19.1. The van der Waals surface area contributed by atoms with E-state index in [1.54, 1.807) is 28.9 Å². The van der Waals surface area contributed by atoms with Gasteiger partial charge in [0.25, 0.3) is 0 Å². The molecule has 0 saturated heterocycles. The van der Waals surface area contributed by atoms with Crippen LogP contribution in [0, 0.1) is 18.7 Å². The van der Waals surface area contributed by atoms with Crippen molar-refractivity contribution in [3.05, 3.63) is 47.4 Å². The number of nitrogens with zero attached hydrogens (tertiary/aromatic N) is 2. The molecule has 1 fully saturated rings. The molecule has 20 heavy (non-hydrogen) atoms. The quantitative estimate of drug-likeness (QED) is 0.931. The molecule has 1 heterocycles. The van der Waals surface area contributed by atoms with Gasteiger partial charge in [-0.05, 0) is 25.8 Å². The van der Waals surface area contributed by atoms with E-state index >= 15 is 0 Å². The predicted molar refractivity (Wildman–Crippen MR) is 73.8 cm³/mol. The molecule has 1 amide bonds. The molecule has 5 heteroatoms. The predicted octanol–water partition coefficient (Wildman–Crippen LogP) is 2.73. The standard InChI is InChI=1S/C15H16FN3O/c1-10-8-14(17-15(20)11-6-7-11)18-19(10)9-12-4-2-3-5-13(12)16/h2-5,8,11H,6-7,9H2,1H3,(H,17,18,20). The van der Waals surface area contributed by atoms with Crippen LogP contribution in [0.5, 0.6) is 0 Å². The lowest BCUT2D eigenvalue weighted by atomic mass is 10.2. The number of hydrogen-bond donors (Lipinski definition) is 1. The van der Waals surface area contributed by atoms with Crippen molar-refractivity contribution >= 4 is 11.7 Å². The highest BCUT2D eigenvalue weighted by Gasteiger charge is 2.30. The number of carbonyl (C=O) groups is 1. The second-order valence-electron chi connectivity index (χ2n) is 5.18. The maximum absolute atomic E-state index is 13.6. The number of aryl methyl sites for hydroxylation is 1. The van der Waals surface area contributed by atoms with E-state index in [-0.39, 0.29) is 17.6 Å². The van der Waals surface area contributed by atoms with Gasteiger partial charge >= 0.3 is 0 Å². The Morgan fingerprint density at radius 2 is 2.20 bits per heavy atom. The summed E-state index contributed by atoms with van der Waals surface area (Å²) >= 11 is 0. The number of anilines is 1. The summed E-state index contributed by atoms with van der Waals surface area (Å²) in [6.07, 6.45) is 1.92. The van der Waals surface area contributed by atoms with Crippen molar-refractivity contribution in [1.29, 1.82) is 0 Å². The molecule has 0 aliphatic heterocycles. The number of aromatic nitrogens is 2. The molecule has 1 N–H and O–H groups in total. The Morgan fingerprint density at radius 3 is 2.90 bits per heavy atom. The van der Waals surface area contributed by atoms with E-state index in [9.17, 15) is 9.18 Å². The zero-order valence-corrected chi connectivity index (χ0v) is 11.3. The van der Waals surface area contributed by atoms with Gasteiger partial charge < -0.3 is 5.32 Å². The fourth-order valence-electron chi connectivity index (χ4n) is 2.09. The van der Waals surface area contributed by atoms with Gasteiger partial charge in [-0.3, -0.25) is 9.48 Å². The maximum Gasteiger partial charge on any atom is 0.228 e. The molecule has 1 aromatic carbocycles. The van der Waals surface area contributed by atoms with E-state index < -0.39 is 0 Å². The van der Waals surface area contributed by atoms with Crippen LogP contribution in [0.2, 0.25) is 0 Å². The summed E-state index contributed by atoms with van der Waals surface area (Å²) < 4.78 is 15.3. The highest BCUT2D eigenvalue weighted by Crippen LogP contribution is 2.30. The minimum atomic E-state index is -0.244. The van der Waals surface area contributed by atoms with Crippen molar-refractivity contribution < 1.29 is 9.18 Å². The van der Waals surface area contributed by atoms with Crippen molar-refractivity contribution in [2.45, 2.75) is 26.3 Å². The lowest BCUT2D eigenvalue weighted by molar-refractivity contribution is -0.117. The lowest BCUT2D eigenvalue weighted by Crippen LogP contribution is -2.14. The summed E-state index contributed by atoms with van der Waals surface area (Å²) in [5.74, 6) is 0.467. The minimum Gasteiger partial charge on any atom is -0.309 e. The first-order valence-electron chi connectivity index (χ1n) is 6.72. The second kappa shape index (κ2) is 5.07. The van der Waals surface area contributed by atoms with Gasteiger partial charge in [0, 0.05) is 23.2 Å². The molecule has 1 aliphatic carbocycles. The maximum atomic E-state index is 13.6. The molecular formula is C15H16FN3O. The SMILES string of the molecule is Cc1cc(NC(=O)C2CC2)nn1Cc1ccccc1F. The summed E-state index contributed by atoms with van der Waals surface area (Å²) in [6.45, 7) is 2.25. The summed E-state index contributed by atoms with van der Waals surface area (Å²) in [5, 5.41) is 7.12. The van der Waals surface area contributed by atoms with Gasteiger partial charge in [0.2, 0.25) is 5.91 Å². The fourth-order valence-corrected chi connectivity index (χ4v) is 2.09. The van der Waals surface area contributed by atoms with Crippen LogP contribution in [0.15, 0.2) is 30.3 Å². The van der Waals surface area contributed by atoms with Crippen LogP contribution < -0.4 is 5.32 Å². The Hall–Kier alpha value is -2.17. The number of halogens is 1. The average molecular weight is 273 g/mol. The zero-order valence-electron chi connectivity index (χ0n) is 11.3. The fraction of sp³-hybridized carbons (Fsp3) is 0.333. The van der Waals surface area contributed by atoms with Crippen LogP contribution in [0.4, 0.5) is 10.2 Å². The van der Waals surface area contributed by atoms with E-state index in [1.165, 1.54) is 6.07 Å². The first kappa shape index (κ1) is 12.8. The van der Waals surface area contributed by atoms with E-state index in [1.807, 2.05) is 6.92 Å². The summed E-state index contributed by atoms with van der Waals surface area (Å²) in [4.78, 5) is 11.7. The van der Waals surface area contributed by atoms with Crippen molar-refractivity contribution in [3.63, 3.8) is 0 Å². The molecular weight excluding hydrogens is 257 g/mol. The van der Waals surface area contributed by atoms with E-state index in [0.29, 0.717) is 17.9 Å². The molecule has 4 nitrogen and oxygen atoms in total. The monoisotopic (exact) mass is 273 g/mol. The third-order valence-electron chi connectivity index (χ3n) is 3.46. The van der Waals surface area contributed by atoms with Crippen LogP contribution in [-0.4, -0.2) is 15.7 Å². The molecule has 0 unspecified atom stereocenters. The minimum absolute atomic E-state index is 0.0283. The second-order valence-corrected chi connectivity index (χ2v) is 5.18. The molecule has 2 aromatic rings. The third kappa shape index (κ3) is 2.71. The average Bonchev–Trinajstić information content (AvgIpc) is 3.20. The van der Waals surface area contributed by atoms with E-state index in [0.717, 1.165) is 18.5 Å². The molecule has 0 spiro atoms. The van der Waals surface area contributed by atoms with E-state index in [2.05, 4.69) is 10.4 Å². The molecule has 104 valence electrons. The molecule has 3 rings (SSSR count). The molecule has 0 radical (unpaired) electrons. The number of hydrogen-bond acceptors (Lipinski definition) is 2. The number of benzene rings is 1. The number of rotatable bonds is 4. The van der Waals surface area contributed by atoms with Gasteiger partial charge in [-0.2, -0.15) is 5.10 Å². The Kier molecular flexibility index (Phi) is 3.26. The lowest BCUT2D eigenvalue weighted by Gasteiger charge is -2.05. The first-order chi connectivity index (χ1) is 9.63. The summed E-state index contributed by atoms with van der Waals surface area (Å²) in [5.41, 5.74) is 1.47. The topological polar surface area (TPSA) is 46.9 Å². The Morgan fingerprint density at radius 1 is 1.45 bits per heavy atom. The number of amides is 1. The van der Waals surface area contributed by atoms with Crippen LogP contribution in [-0.2, 0) is 11.3 Å². The van der Waals surface area contributed by atoms with Crippen molar-refractivity contribution in [1.82, 2.24) is 9.78 Å². The zero-order chi connectivity index (χ0) is 14.1. The van der Waals surface area contributed by atoms with Crippen molar-refractivity contribution in [2.24, 2.45) is 5.92 Å². The first-order valence-corrected chi connectivity index (χ1v) is 6.72. The number of nitrogens with one attached hydrogen (secondary N) is 1. The molecule has 1 aromatic heterocycles. The van der Waals surface area contributed by atoms with Gasteiger partial charge in [-0.1, -0.05) is 18.2 Å².